The van der Waals surface area contributed by atoms with Gasteiger partial charge in [0.25, 0.3) is 0 Å². The molecule has 15 heavy (non-hydrogen) atoms. The van der Waals surface area contributed by atoms with Crippen molar-refractivity contribution >= 4 is 23.5 Å². The number of hydrogen-bond donors (Lipinski definition) is 0. The molecule has 4 nitrogen and oxygen atoms in total. The van der Waals surface area contributed by atoms with Gasteiger partial charge in [-0.2, -0.15) is 0 Å². The summed E-state index contributed by atoms with van der Waals surface area (Å²) in [4.78, 5) is 21.1. The number of carbonyl (C=O) groups is 2. The molecule has 0 amide bonds. The Kier molecular flexibility index (Phi) is 12.7. The molecule has 0 aromatic heterocycles. The van der Waals surface area contributed by atoms with Crippen LogP contribution in [0.4, 0.5) is 0 Å². The van der Waals surface area contributed by atoms with Gasteiger partial charge < -0.3 is 9.47 Å². The highest BCUT2D eigenvalue weighted by Crippen LogP contribution is 1.85. The van der Waals surface area contributed by atoms with Crippen molar-refractivity contribution in [3.63, 3.8) is 0 Å². The van der Waals surface area contributed by atoms with Crippen LogP contribution in [0.25, 0.3) is 0 Å². The molecule has 0 rings (SSSR count). The molecule has 0 N–H and O–H groups in total. The summed E-state index contributed by atoms with van der Waals surface area (Å²) in [5.41, 5.74) is 1.22. The Labute approximate surface area is 93.1 Å². The highest BCUT2D eigenvalue weighted by atomic mass is 35.5. The van der Waals surface area contributed by atoms with Crippen LogP contribution in [0.5, 0.6) is 0 Å². The van der Waals surface area contributed by atoms with Crippen LogP contribution >= 0.6 is 11.6 Å². The molecule has 0 spiro atoms. The summed E-state index contributed by atoms with van der Waals surface area (Å²) in [5.74, 6) is -1.38. The number of carbonyl (C=O) groups excluding carboxylic acids is 2. The lowest BCUT2D eigenvalue weighted by Gasteiger charge is -1.90. The molecule has 0 saturated carbocycles. The predicted octanol–water partition coefficient (Wildman–Crippen LogP) is 2.28. The third-order valence-electron chi connectivity index (χ3n) is 0.754. The maximum absolute atomic E-state index is 10.5. The minimum absolute atomic E-state index is 0.689. The van der Waals surface area contributed by atoms with E-state index in [9.17, 15) is 9.59 Å². The average Bonchev–Trinajstić information content (AvgIpc) is 2.17. The van der Waals surface area contributed by atoms with Gasteiger partial charge in [0.05, 0.1) is 12.5 Å². The lowest BCUT2D eigenvalue weighted by molar-refractivity contribution is -0.135. The first-order valence-electron chi connectivity index (χ1n) is 3.64. The number of ether oxygens (including phenoxy) is 2. The van der Waals surface area contributed by atoms with E-state index in [1.54, 1.807) is 0 Å². The number of halogens is 1. The Morgan fingerprint density at radius 1 is 0.933 bits per heavy atom. The Morgan fingerprint density at radius 2 is 1.20 bits per heavy atom. The molecule has 0 bridgehead atoms. The Bertz CT molecular complexity index is 245. The van der Waals surface area contributed by atoms with Gasteiger partial charge in [-0.25, -0.2) is 9.59 Å². The molecule has 0 unspecified atom stereocenters. The normalized spacial score (nSPS) is 8.07. The van der Waals surface area contributed by atoms with Crippen molar-refractivity contribution in [2.45, 2.75) is 0 Å². The molecule has 5 heteroatoms. The van der Waals surface area contributed by atoms with Gasteiger partial charge in [-0.05, 0) is 5.54 Å². The second kappa shape index (κ2) is 12.2. The van der Waals surface area contributed by atoms with Crippen molar-refractivity contribution in [1.82, 2.24) is 0 Å². The van der Waals surface area contributed by atoms with Gasteiger partial charge in [-0.3, -0.25) is 0 Å². The van der Waals surface area contributed by atoms with Crippen LogP contribution in [-0.4, -0.2) is 11.9 Å². The van der Waals surface area contributed by atoms with Crippen LogP contribution in [0.3, 0.4) is 0 Å². The molecule has 82 valence electrons. The summed E-state index contributed by atoms with van der Waals surface area (Å²) < 4.78 is 8.55. The highest BCUT2D eigenvalue weighted by molar-refractivity contribution is 6.25. The minimum Gasteiger partial charge on any atom is -0.432 e. The van der Waals surface area contributed by atoms with Crippen molar-refractivity contribution in [3.8, 4) is 0 Å². The third kappa shape index (κ3) is 15.0. The molecule has 0 saturated heterocycles. The average molecular weight is 231 g/mol. The molecule has 0 atom stereocenters. The van der Waals surface area contributed by atoms with Gasteiger partial charge in [0.15, 0.2) is 0 Å². The highest BCUT2D eigenvalue weighted by Gasteiger charge is 1.96. The summed E-state index contributed by atoms with van der Waals surface area (Å²) in [7, 11) is 0. The van der Waals surface area contributed by atoms with E-state index in [1.165, 1.54) is 5.54 Å². The van der Waals surface area contributed by atoms with Gasteiger partial charge in [-0.15, -0.1) is 0 Å². The quantitative estimate of drug-likeness (QED) is 0.422. The Morgan fingerprint density at radius 3 is 1.40 bits per heavy atom. The van der Waals surface area contributed by atoms with Gasteiger partial charge in [0.1, 0.15) is 0 Å². The van der Waals surface area contributed by atoms with Crippen LogP contribution in [0, 0.1) is 0 Å². The zero-order valence-corrected chi connectivity index (χ0v) is 8.77. The predicted molar refractivity (Wildman–Crippen MR) is 57.8 cm³/mol. The van der Waals surface area contributed by atoms with E-state index in [0.717, 1.165) is 24.7 Å². The fraction of sp³-hybridized carbons (Fsp3) is 0. The van der Waals surface area contributed by atoms with Crippen molar-refractivity contribution < 1.29 is 19.1 Å². The first-order chi connectivity index (χ1) is 7.12. The van der Waals surface area contributed by atoms with Gasteiger partial charge in [0, 0.05) is 12.2 Å². The number of rotatable bonds is 4. The topological polar surface area (TPSA) is 52.6 Å². The second-order valence-corrected chi connectivity index (χ2v) is 2.00. The molecule has 0 aliphatic heterocycles. The van der Waals surface area contributed by atoms with Crippen LogP contribution < -0.4 is 0 Å². The largest absolute Gasteiger partial charge is 0.432 e. The fourth-order valence-electron chi connectivity index (χ4n) is 0.379. The Balaban J connectivity index is 0. The lowest BCUT2D eigenvalue weighted by Crippen LogP contribution is -1.98. The number of hydrogen-bond acceptors (Lipinski definition) is 4. The molecule has 0 fully saturated rings. The van der Waals surface area contributed by atoms with Crippen LogP contribution in [-0.2, 0) is 19.1 Å². The summed E-state index contributed by atoms with van der Waals surface area (Å²) in [6.45, 7) is 9.44. The maximum atomic E-state index is 10.5. The molecule has 0 aromatic carbocycles. The monoisotopic (exact) mass is 230 g/mol. The lowest BCUT2D eigenvalue weighted by atomic mass is 10.5. The van der Waals surface area contributed by atoms with E-state index >= 15 is 0 Å². The third-order valence-corrected chi connectivity index (χ3v) is 0.754. The van der Waals surface area contributed by atoms with Gasteiger partial charge in [0.2, 0.25) is 0 Å². The van der Waals surface area contributed by atoms with Gasteiger partial charge in [-0.1, -0.05) is 31.3 Å². The van der Waals surface area contributed by atoms with E-state index < -0.39 is 11.9 Å². The SMILES string of the molecule is C=CCl.C=COC(=O)/C=C/C(=O)OC=C. The standard InChI is InChI=1S/C8H8O4.C2H3Cl/c1-3-11-7(9)5-6-8(10)12-4-2;1-2-3/h3-6H,1-2H2;2H,1H2/b6-5+;. The molecular weight excluding hydrogens is 220 g/mol. The van der Waals surface area contributed by atoms with Crippen molar-refractivity contribution in [2.24, 2.45) is 0 Å². The summed E-state index contributed by atoms with van der Waals surface area (Å²) in [5, 5.41) is 0. The summed E-state index contributed by atoms with van der Waals surface area (Å²) in [6.07, 6.45) is 3.78. The molecule has 0 aromatic rings. The number of esters is 2. The van der Waals surface area contributed by atoms with Crippen molar-refractivity contribution in [1.29, 1.82) is 0 Å². The maximum Gasteiger partial charge on any atom is 0.335 e. The van der Waals surface area contributed by atoms with E-state index in [2.05, 4.69) is 29.2 Å². The van der Waals surface area contributed by atoms with Gasteiger partial charge >= 0.3 is 11.9 Å². The molecule has 0 aliphatic carbocycles. The molecular formula is C10H11ClO4. The van der Waals surface area contributed by atoms with Crippen molar-refractivity contribution in [3.05, 3.63) is 49.9 Å². The minimum atomic E-state index is -0.689. The Hall–Kier alpha value is -1.81. The van der Waals surface area contributed by atoms with Crippen LogP contribution in [0.2, 0.25) is 0 Å². The zero-order chi connectivity index (χ0) is 12.1. The van der Waals surface area contributed by atoms with E-state index in [1.807, 2.05) is 0 Å². The first kappa shape index (κ1) is 15.7. The van der Waals surface area contributed by atoms with E-state index in [0.29, 0.717) is 0 Å². The first-order valence-corrected chi connectivity index (χ1v) is 4.08. The summed E-state index contributed by atoms with van der Waals surface area (Å²) in [6, 6.07) is 0. The zero-order valence-electron chi connectivity index (χ0n) is 8.02. The summed E-state index contributed by atoms with van der Waals surface area (Å²) >= 11 is 4.76. The molecule has 0 aliphatic rings. The van der Waals surface area contributed by atoms with E-state index in [4.69, 9.17) is 11.6 Å². The van der Waals surface area contributed by atoms with Crippen LogP contribution in [0.1, 0.15) is 0 Å². The van der Waals surface area contributed by atoms with Crippen LogP contribution in [0.15, 0.2) is 49.9 Å². The van der Waals surface area contributed by atoms with E-state index in [-0.39, 0.29) is 0 Å². The fourth-order valence-corrected chi connectivity index (χ4v) is 0.379. The molecule has 0 heterocycles. The molecule has 0 radical (unpaired) electrons. The smallest absolute Gasteiger partial charge is 0.335 e. The second-order valence-electron chi connectivity index (χ2n) is 1.69. The van der Waals surface area contributed by atoms with Crippen molar-refractivity contribution in [2.75, 3.05) is 0 Å².